The van der Waals surface area contributed by atoms with Gasteiger partial charge in [0.15, 0.2) is 18.1 Å². The van der Waals surface area contributed by atoms with Gasteiger partial charge >= 0.3 is 5.97 Å². The Morgan fingerprint density at radius 1 is 1.11 bits per heavy atom. The molecule has 9 heteroatoms. The number of fused-ring (bicyclic) bond motifs is 2. The second-order valence-corrected chi connectivity index (χ2v) is 8.79. The molecule has 0 saturated heterocycles. The van der Waals surface area contributed by atoms with Gasteiger partial charge in [0, 0.05) is 12.5 Å². The molecule has 0 saturated carbocycles. The van der Waals surface area contributed by atoms with Crippen LogP contribution in [0.5, 0.6) is 17.2 Å². The summed E-state index contributed by atoms with van der Waals surface area (Å²) in [5, 5.41) is 12.2. The first-order valence-corrected chi connectivity index (χ1v) is 11.9. The van der Waals surface area contributed by atoms with Crippen molar-refractivity contribution in [3.63, 3.8) is 0 Å². The molecule has 2 atom stereocenters. The molecule has 9 nitrogen and oxygen atoms in total. The molecule has 190 valence electrons. The zero-order valence-corrected chi connectivity index (χ0v) is 20.5. The average Bonchev–Trinajstić information content (AvgIpc) is 3.10. The molecule has 3 aromatic rings. The van der Waals surface area contributed by atoms with Crippen LogP contribution in [0.1, 0.15) is 32.4 Å². The summed E-state index contributed by atoms with van der Waals surface area (Å²) in [6, 6.07) is 9.08. The third-order valence-corrected chi connectivity index (χ3v) is 6.24. The van der Waals surface area contributed by atoms with Gasteiger partial charge in [0.2, 0.25) is 5.43 Å². The lowest BCUT2D eigenvalue weighted by atomic mass is 9.99. The molecule has 0 unspecified atom stereocenters. The molecule has 1 aromatic heterocycles. The average molecular weight is 496 g/mol. The molecule has 0 radical (unpaired) electrons. The van der Waals surface area contributed by atoms with E-state index in [0.717, 1.165) is 6.42 Å². The van der Waals surface area contributed by atoms with Gasteiger partial charge in [-0.05, 0) is 42.7 Å². The molecule has 1 aliphatic rings. The van der Waals surface area contributed by atoms with Gasteiger partial charge in [0.05, 0.1) is 24.2 Å². The highest BCUT2D eigenvalue weighted by Gasteiger charge is 2.25. The van der Waals surface area contributed by atoms with Gasteiger partial charge in [0.1, 0.15) is 23.1 Å². The van der Waals surface area contributed by atoms with E-state index in [4.69, 9.17) is 18.6 Å². The van der Waals surface area contributed by atoms with E-state index in [1.165, 1.54) is 6.07 Å². The van der Waals surface area contributed by atoms with Crippen LogP contribution < -0.4 is 25.0 Å². The van der Waals surface area contributed by atoms with Gasteiger partial charge in [0.25, 0.3) is 5.91 Å². The highest BCUT2D eigenvalue weighted by molar-refractivity contribution is 5.86. The second-order valence-electron chi connectivity index (χ2n) is 8.79. The van der Waals surface area contributed by atoms with Crippen molar-refractivity contribution < 1.29 is 33.3 Å². The van der Waals surface area contributed by atoms with Crippen LogP contribution in [-0.2, 0) is 9.59 Å². The monoisotopic (exact) mass is 495 g/mol. The number of carboxylic acid groups (broad SMARTS) is 1. The predicted octanol–water partition coefficient (Wildman–Crippen LogP) is 3.92. The van der Waals surface area contributed by atoms with Crippen LogP contribution in [0.25, 0.3) is 22.1 Å². The molecule has 0 spiro atoms. The van der Waals surface area contributed by atoms with Gasteiger partial charge in [-0.3, -0.25) is 9.59 Å². The minimum absolute atomic E-state index is 0.203. The molecule has 1 aliphatic heterocycles. The Bertz CT molecular complexity index is 1350. The van der Waals surface area contributed by atoms with Crippen LogP contribution in [0.4, 0.5) is 0 Å². The van der Waals surface area contributed by atoms with Crippen molar-refractivity contribution >= 4 is 22.8 Å². The number of carbonyl (C=O) groups excluding carboxylic acids is 1. The molecule has 2 aromatic carbocycles. The number of aryl methyl sites for hydroxylation is 1. The van der Waals surface area contributed by atoms with E-state index in [2.05, 4.69) is 5.32 Å². The van der Waals surface area contributed by atoms with E-state index in [1.807, 2.05) is 6.92 Å². The number of nitrogens with one attached hydrogen (secondary N) is 1. The van der Waals surface area contributed by atoms with Gasteiger partial charge in [-0.25, -0.2) is 4.79 Å². The number of carbonyl (C=O) groups is 2. The Hall–Kier alpha value is -4.01. The summed E-state index contributed by atoms with van der Waals surface area (Å²) in [5.74, 6) is 0.106. The summed E-state index contributed by atoms with van der Waals surface area (Å²) < 4.78 is 22.9. The van der Waals surface area contributed by atoms with Crippen molar-refractivity contribution in [1.82, 2.24) is 5.32 Å². The van der Waals surface area contributed by atoms with Gasteiger partial charge in [-0.2, -0.15) is 0 Å². The highest BCUT2D eigenvalue weighted by atomic mass is 16.5. The summed E-state index contributed by atoms with van der Waals surface area (Å²) in [6.07, 6.45) is 1.39. The van der Waals surface area contributed by atoms with E-state index in [0.29, 0.717) is 64.7 Å². The first kappa shape index (κ1) is 25.1. The van der Waals surface area contributed by atoms with E-state index in [-0.39, 0.29) is 18.0 Å². The van der Waals surface area contributed by atoms with Crippen molar-refractivity contribution in [2.75, 3.05) is 19.8 Å². The molecular formula is C27H29NO8. The van der Waals surface area contributed by atoms with Gasteiger partial charge in [-0.15, -0.1) is 0 Å². The number of hydrogen-bond donors (Lipinski definition) is 2. The van der Waals surface area contributed by atoms with Crippen LogP contribution in [0, 0.1) is 12.8 Å². The summed E-state index contributed by atoms with van der Waals surface area (Å²) in [7, 11) is 0. The molecular weight excluding hydrogens is 466 g/mol. The molecule has 2 N–H and O–H groups in total. The molecule has 0 bridgehead atoms. The van der Waals surface area contributed by atoms with Crippen molar-refractivity contribution in [2.45, 2.75) is 39.7 Å². The number of carboxylic acids is 1. The zero-order valence-electron chi connectivity index (χ0n) is 20.5. The first-order chi connectivity index (χ1) is 17.3. The topological polar surface area (TPSA) is 124 Å². The summed E-state index contributed by atoms with van der Waals surface area (Å²) >= 11 is 0. The minimum atomic E-state index is -1.09. The quantitative estimate of drug-likeness (QED) is 0.482. The van der Waals surface area contributed by atoms with E-state index in [1.54, 1.807) is 44.2 Å². The summed E-state index contributed by atoms with van der Waals surface area (Å²) in [4.78, 5) is 37.0. The maximum absolute atomic E-state index is 13.3. The number of amides is 1. The highest BCUT2D eigenvalue weighted by Crippen LogP contribution is 2.35. The Kier molecular flexibility index (Phi) is 7.47. The molecule has 4 rings (SSSR count). The predicted molar refractivity (Wildman–Crippen MR) is 133 cm³/mol. The molecule has 1 amide bonds. The fourth-order valence-corrected chi connectivity index (χ4v) is 4.08. The number of aliphatic carboxylic acids is 1. The first-order valence-electron chi connectivity index (χ1n) is 11.9. The van der Waals surface area contributed by atoms with Crippen molar-refractivity contribution in [3.8, 4) is 28.4 Å². The fourth-order valence-electron chi connectivity index (χ4n) is 4.08. The lowest BCUT2D eigenvalue weighted by molar-refractivity contribution is -0.143. The van der Waals surface area contributed by atoms with Gasteiger partial charge in [-0.1, -0.05) is 26.3 Å². The molecule has 2 heterocycles. The summed E-state index contributed by atoms with van der Waals surface area (Å²) in [6.45, 7) is 6.07. The van der Waals surface area contributed by atoms with Crippen molar-refractivity contribution in [1.29, 1.82) is 0 Å². The molecule has 0 fully saturated rings. The smallest absolute Gasteiger partial charge is 0.326 e. The second kappa shape index (κ2) is 10.7. The number of ether oxygens (including phenoxy) is 3. The SMILES string of the molecule is CC[C@@H](C)[C@H](NC(=O)COc1ccc2c(=O)c(-c3ccc4c(c3)OCCCO4)c(C)oc2c1)C(=O)O. The normalized spacial score (nSPS) is 14.5. The number of benzene rings is 2. The van der Waals surface area contributed by atoms with Crippen molar-refractivity contribution in [3.05, 3.63) is 52.4 Å². The maximum Gasteiger partial charge on any atom is 0.326 e. The largest absolute Gasteiger partial charge is 0.490 e. The van der Waals surface area contributed by atoms with Crippen LogP contribution in [-0.4, -0.2) is 42.8 Å². The molecule has 0 aliphatic carbocycles. The van der Waals surface area contributed by atoms with Crippen LogP contribution in [0.2, 0.25) is 0 Å². The molecule has 36 heavy (non-hydrogen) atoms. The third-order valence-electron chi connectivity index (χ3n) is 6.24. The van der Waals surface area contributed by atoms with Crippen LogP contribution in [0.3, 0.4) is 0 Å². The lowest BCUT2D eigenvalue weighted by Crippen LogP contribution is -2.46. The standard InChI is InChI=1S/C27H29NO8/c1-4-15(2)25(27(31)32)28-23(29)14-35-18-7-8-19-21(13-18)36-16(3)24(26(19)30)17-6-9-20-22(12-17)34-11-5-10-33-20/h6-9,12-13,15,25H,4-5,10-11,14H2,1-3H3,(H,28,29)(H,31,32)/t15-,25+/m1/s1. The fraction of sp³-hybridized carbons (Fsp3) is 0.370. The van der Waals surface area contributed by atoms with Gasteiger partial charge < -0.3 is 29.1 Å². The number of hydrogen-bond acceptors (Lipinski definition) is 7. The van der Waals surface area contributed by atoms with E-state index in [9.17, 15) is 19.5 Å². The van der Waals surface area contributed by atoms with E-state index >= 15 is 0 Å². The number of rotatable bonds is 8. The van der Waals surface area contributed by atoms with Crippen LogP contribution >= 0.6 is 0 Å². The third kappa shape index (κ3) is 5.30. The summed E-state index contributed by atoms with van der Waals surface area (Å²) in [5.41, 5.74) is 1.21. The Morgan fingerprint density at radius 3 is 2.58 bits per heavy atom. The van der Waals surface area contributed by atoms with Crippen molar-refractivity contribution in [2.24, 2.45) is 5.92 Å². The maximum atomic E-state index is 13.3. The zero-order chi connectivity index (χ0) is 25.8. The Balaban J connectivity index is 1.54. The lowest BCUT2D eigenvalue weighted by Gasteiger charge is -2.20. The Labute approximate surface area is 208 Å². The van der Waals surface area contributed by atoms with Crippen LogP contribution in [0.15, 0.2) is 45.6 Å². The van der Waals surface area contributed by atoms with E-state index < -0.39 is 17.9 Å². The minimum Gasteiger partial charge on any atom is -0.490 e. The Morgan fingerprint density at radius 2 is 1.86 bits per heavy atom.